The lowest BCUT2D eigenvalue weighted by Gasteiger charge is -2.35. The van der Waals surface area contributed by atoms with Crippen LogP contribution in [0, 0.1) is 11.8 Å². The number of hydrogen-bond donors (Lipinski definition) is 1. The van der Waals surface area contributed by atoms with Crippen LogP contribution in [0.1, 0.15) is 39.5 Å². The minimum absolute atomic E-state index is 0.637. The monoisotopic (exact) mass is 218 g/mol. The Morgan fingerprint density at radius 2 is 2.12 bits per heavy atom. The van der Waals surface area contributed by atoms with Crippen molar-refractivity contribution < 1.29 is 0 Å². The van der Waals surface area contributed by atoms with Gasteiger partial charge in [0.1, 0.15) is 0 Å². The molecular formula is C14H22N2. The Labute approximate surface area is 98.5 Å². The lowest BCUT2D eigenvalue weighted by molar-refractivity contribution is 0.254. The van der Waals surface area contributed by atoms with Crippen molar-refractivity contribution in [1.29, 1.82) is 0 Å². The molecule has 1 aliphatic rings. The van der Waals surface area contributed by atoms with E-state index in [9.17, 15) is 0 Å². The molecule has 0 saturated heterocycles. The van der Waals surface area contributed by atoms with Gasteiger partial charge in [-0.15, -0.1) is 0 Å². The summed E-state index contributed by atoms with van der Waals surface area (Å²) in [5, 5.41) is 3.65. The average molecular weight is 218 g/mol. The van der Waals surface area contributed by atoms with Gasteiger partial charge in [-0.2, -0.15) is 0 Å². The molecule has 2 heteroatoms. The van der Waals surface area contributed by atoms with Gasteiger partial charge in [0.15, 0.2) is 0 Å². The quantitative estimate of drug-likeness (QED) is 0.836. The topological polar surface area (TPSA) is 24.9 Å². The third-order valence-electron chi connectivity index (χ3n) is 3.69. The molecule has 0 aliphatic heterocycles. The van der Waals surface area contributed by atoms with Gasteiger partial charge in [-0.25, -0.2) is 0 Å². The van der Waals surface area contributed by atoms with Gasteiger partial charge in [0.25, 0.3) is 0 Å². The van der Waals surface area contributed by atoms with Crippen LogP contribution in [0.15, 0.2) is 24.5 Å². The molecule has 2 nitrogen and oxygen atoms in total. The highest BCUT2D eigenvalue weighted by atomic mass is 14.9. The van der Waals surface area contributed by atoms with E-state index in [0.717, 1.165) is 11.8 Å². The summed E-state index contributed by atoms with van der Waals surface area (Å²) in [6, 6.07) is 4.74. The fourth-order valence-corrected chi connectivity index (χ4v) is 2.80. The van der Waals surface area contributed by atoms with E-state index in [-0.39, 0.29) is 0 Å². The lowest BCUT2D eigenvalue weighted by atomic mass is 9.78. The minimum atomic E-state index is 0.637. The third kappa shape index (κ3) is 2.75. The molecule has 1 saturated carbocycles. The van der Waals surface area contributed by atoms with Gasteiger partial charge in [-0.1, -0.05) is 26.7 Å². The standard InChI is InChI=1S/C14H22N2/c1-11(2)13-7-3-4-8-14(13)16-12-6-5-9-15-10-12/h5-6,9-11,13-14,16H,3-4,7-8H2,1-2H3. The zero-order chi connectivity index (χ0) is 11.4. The molecule has 1 N–H and O–H groups in total. The van der Waals surface area contributed by atoms with Gasteiger partial charge in [0.05, 0.1) is 5.69 Å². The Hall–Kier alpha value is -1.05. The van der Waals surface area contributed by atoms with Gasteiger partial charge in [0, 0.05) is 18.4 Å². The smallest absolute Gasteiger partial charge is 0.0528 e. The molecule has 1 aromatic heterocycles. The van der Waals surface area contributed by atoms with Crippen LogP contribution in [0.3, 0.4) is 0 Å². The normalized spacial score (nSPS) is 25.7. The summed E-state index contributed by atoms with van der Waals surface area (Å²) in [5.74, 6) is 1.59. The predicted molar refractivity (Wildman–Crippen MR) is 68.4 cm³/mol. The van der Waals surface area contributed by atoms with Gasteiger partial charge >= 0.3 is 0 Å². The molecule has 1 aliphatic carbocycles. The molecule has 1 fully saturated rings. The first-order valence-electron chi connectivity index (χ1n) is 6.44. The molecule has 1 heterocycles. The van der Waals surface area contributed by atoms with Crippen molar-refractivity contribution >= 4 is 5.69 Å². The Morgan fingerprint density at radius 3 is 2.81 bits per heavy atom. The fraction of sp³-hybridized carbons (Fsp3) is 0.643. The Morgan fingerprint density at radius 1 is 1.31 bits per heavy atom. The number of nitrogens with zero attached hydrogens (tertiary/aromatic N) is 1. The van der Waals surface area contributed by atoms with Crippen LogP contribution in [0.4, 0.5) is 5.69 Å². The first kappa shape index (κ1) is 11.4. The molecule has 88 valence electrons. The maximum absolute atomic E-state index is 4.16. The SMILES string of the molecule is CC(C)C1CCCCC1Nc1cccnc1. The van der Waals surface area contributed by atoms with Crippen LogP contribution < -0.4 is 5.32 Å². The summed E-state index contributed by atoms with van der Waals surface area (Å²) in [6.45, 7) is 4.68. The van der Waals surface area contributed by atoms with E-state index in [2.05, 4.69) is 30.2 Å². The van der Waals surface area contributed by atoms with Crippen molar-refractivity contribution in [3.63, 3.8) is 0 Å². The van der Waals surface area contributed by atoms with Gasteiger partial charge < -0.3 is 5.32 Å². The third-order valence-corrected chi connectivity index (χ3v) is 3.69. The first-order chi connectivity index (χ1) is 7.77. The number of rotatable bonds is 3. The second-order valence-electron chi connectivity index (χ2n) is 5.18. The minimum Gasteiger partial charge on any atom is -0.381 e. The zero-order valence-electron chi connectivity index (χ0n) is 10.3. The maximum atomic E-state index is 4.16. The number of aromatic nitrogens is 1. The summed E-state index contributed by atoms with van der Waals surface area (Å²) in [5.41, 5.74) is 1.17. The second kappa shape index (κ2) is 5.33. The predicted octanol–water partition coefficient (Wildman–Crippen LogP) is 3.71. The number of hydrogen-bond acceptors (Lipinski definition) is 2. The van der Waals surface area contributed by atoms with Crippen molar-refractivity contribution in [2.45, 2.75) is 45.6 Å². The van der Waals surface area contributed by atoms with Crippen molar-refractivity contribution in [3.8, 4) is 0 Å². The summed E-state index contributed by atoms with van der Waals surface area (Å²) in [6.07, 6.45) is 9.18. The van der Waals surface area contributed by atoms with Crippen molar-refractivity contribution in [2.24, 2.45) is 11.8 Å². The number of nitrogens with one attached hydrogen (secondary N) is 1. The summed E-state index contributed by atoms with van der Waals surface area (Å²) >= 11 is 0. The lowest BCUT2D eigenvalue weighted by Crippen LogP contribution is -2.35. The van der Waals surface area contributed by atoms with Crippen LogP contribution in [0.5, 0.6) is 0 Å². The van der Waals surface area contributed by atoms with E-state index in [1.165, 1.54) is 31.4 Å². The van der Waals surface area contributed by atoms with Crippen molar-refractivity contribution in [2.75, 3.05) is 5.32 Å². The summed E-state index contributed by atoms with van der Waals surface area (Å²) in [4.78, 5) is 4.16. The molecule has 2 unspecified atom stereocenters. The van der Waals surface area contributed by atoms with E-state index in [4.69, 9.17) is 0 Å². The average Bonchev–Trinajstić information content (AvgIpc) is 2.31. The molecule has 2 atom stereocenters. The van der Waals surface area contributed by atoms with Gasteiger partial charge in [0.2, 0.25) is 0 Å². The van der Waals surface area contributed by atoms with Gasteiger partial charge in [-0.05, 0) is 36.8 Å². The van der Waals surface area contributed by atoms with E-state index in [0.29, 0.717) is 6.04 Å². The first-order valence-corrected chi connectivity index (χ1v) is 6.44. The number of pyridine rings is 1. The molecule has 0 aromatic carbocycles. The molecule has 0 radical (unpaired) electrons. The number of anilines is 1. The van der Waals surface area contributed by atoms with Crippen LogP contribution >= 0.6 is 0 Å². The summed E-state index contributed by atoms with van der Waals surface area (Å²) < 4.78 is 0. The highest BCUT2D eigenvalue weighted by Gasteiger charge is 2.27. The maximum Gasteiger partial charge on any atom is 0.0528 e. The van der Waals surface area contributed by atoms with E-state index < -0.39 is 0 Å². The molecule has 2 rings (SSSR count). The van der Waals surface area contributed by atoms with Gasteiger partial charge in [-0.3, -0.25) is 4.98 Å². The van der Waals surface area contributed by atoms with Crippen molar-refractivity contribution in [3.05, 3.63) is 24.5 Å². The highest BCUT2D eigenvalue weighted by molar-refractivity contribution is 5.41. The molecular weight excluding hydrogens is 196 g/mol. The van der Waals surface area contributed by atoms with E-state index in [1.54, 1.807) is 0 Å². The van der Waals surface area contributed by atoms with Crippen LogP contribution in [-0.4, -0.2) is 11.0 Å². The molecule has 1 aromatic rings. The van der Waals surface area contributed by atoms with E-state index in [1.807, 2.05) is 18.5 Å². The fourth-order valence-electron chi connectivity index (χ4n) is 2.80. The summed E-state index contributed by atoms with van der Waals surface area (Å²) in [7, 11) is 0. The Kier molecular flexibility index (Phi) is 3.81. The van der Waals surface area contributed by atoms with Crippen LogP contribution in [0.25, 0.3) is 0 Å². The van der Waals surface area contributed by atoms with Crippen LogP contribution in [0.2, 0.25) is 0 Å². The molecule has 0 bridgehead atoms. The largest absolute Gasteiger partial charge is 0.381 e. The molecule has 0 amide bonds. The Bertz CT molecular complexity index is 308. The Balaban J connectivity index is 2.01. The zero-order valence-corrected chi connectivity index (χ0v) is 10.3. The molecule has 16 heavy (non-hydrogen) atoms. The second-order valence-corrected chi connectivity index (χ2v) is 5.18. The van der Waals surface area contributed by atoms with E-state index >= 15 is 0 Å². The highest BCUT2D eigenvalue weighted by Crippen LogP contribution is 2.32. The van der Waals surface area contributed by atoms with Crippen LogP contribution in [-0.2, 0) is 0 Å². The molecule has 0 spiro atoms. The van der Waals surface area contributed by atoms with Crippen molar-refractivity contribution in [1.82, 2.24) is 4.98 Å².